The monoisotopic (exact) mass is 380 g/mol. The molecule has 1 fully saturated rings. The van der Waals surface area contributed by atoms with Crippen molar-refractivity contribution in [2.75, 3.05) is 44.9 Å². The number of rotatable bonds is 8. The molecule has 1 atom stereocenters. The molecule has 1 saturated heterocycles. The van der Waals surface area contributed by atoms with Gasteiger partial charge in [-0.25, -0.2) is 0 Å². The fourth-order valence-electron chi connectivity index (χ4n) is 3.87. The lowest BCUT2D eigenvalue weighted by atomic mass is 9.91. The Hall–Kier alpha value is -1.05. The van der Waals surface area contributed by atoms with Crippen LogP contribution in [0.2, 0.25) is 0 Å². The Bertz CT molecular complexity index is 599. The first-order chi connectivity index (χ1) is 12.7. The zero-order valence-electron chi connectivity index (χ0n) is 16.1. The van der Waals surface area contributed by atoms with E-state index in [-0.39, 0.29) is 5.91 Å². The Morgan fingerprint density at radius 1 is 1.38 bits per heavy atom. The molecule has 7 heteroatoms. The van der Waals surface area contributed by atoms with Crippen molar-refractivity contribution in [1.82, 2.24) is 20.0 Å². The molecule has 146 valence electrons. The van der Waals surface area contributed by atoms with Gasteiger partial charge in [0.05, 0.1) is 0 Å². The highest BCUT2D eigenvalue weighted by molar-refractivity contribution is 7.99. The number of nitrogens with zero attached hydrogens (tertiary/aromatic N) is 3. The van der Waals surface area contributed by atoms with Gasteiger partial charge in [-0.05, 0) is 38.6 Å². The zero-order chi connectivity index (χ0) is 18.4. The highest BCUT2D eigenvalue weighted by Gasteiger charge is 2.31. The lowest BCUT2D eigenvalue weighted by Gasteiger charge is -2.27. The molecule has 6 nitrogen and oxygen atoms in total. The summed E-state index contributed by atoms with van der Waals surface area (Å²) in [7, 11) is 1.74. The zero-order valence-corrected chi connectivity index (χ0v) is 16.9. The molecule has 1 aliphatic heterocycles. The summed E-state index contributed by atoms with van der Waals surface area (Å²) in [5.74, 6) is 2.21. The van der Waals surface area contributed by atoms with Gasteiger partial charge < -0.3 is 15.0 Å². The number of carbonyl (C=O) groups is 1. The third-order valence-corrected chi connectivity index (χ3v) is 6.18. The number of nitrogens with one attached hydrogen (secondary N) is 1. The van der Waals surface area contributed by atoms with Gasteiger partial charge in [0, 0.05) is 62.2 Å². The van der Waals surface area contributed by atoms with Crippen molar-refractivity contribution in [3.8, 4) is 0 Å². The lowest BCUT2D eigenvalue weighted by molar-refractivity contribution is 0.0764. The van der Waals surface area contributed by atoms with Gasteiger partial charge >= 0.3 is 0 Å². The van der Waals surface area contributed by atoms with Gasteiger partial charge in [0.1, 0.15) is 0 Å². The van der Waals surface area contributed by atoms with Gasteiger partial charge in [-0.2, -0.15) is 16.9 Å². The van der Waals surface area contributed by atoms with Crippen molar-refractivity contribution < 1.29 is 9.53 Å². The summed E-state index contributed by atoms with van der Waals surface area (Å²) in [6, 6.07) is 0.432. The van der Waals surface area contributed by atoms with Gasteiger partial charge in [-0.3, -0.25) is 9.48 Å². The van der Waals surface area contributed by atoms with Crippen LogP contribution in [-0.2, 0) is 24.1 Å². The van der Waals surface area contributed by atoms with E-state index in [9.17, 15) is 4.79 Å². The lowest BCUT2D eigenvalue weighted by Crippen LogP contribution is -2.39. The summed E-state index contributed by atoms with van der Waals surface area (Å²) >= 11 is 1.93. The Balaban J connectivity index is 1.74. The van der Waals surface area contributed by atoms with E-state index in [1.165, 1.54) is 11.3 Å². The summed E-state index contributed by atoms with van der Waals surface area (Å²) in [5, 5.41) is 8.41. The van der Waals surface area contributed by atoms with Crippen LogP contribution in [0.5, 0.6) is 0 Å². The number of carbonyl (C=O) groups excluding carboxylic acids is 1. The average Bonchev–Trinajstić information content (AvgIpc) is 3.03. The standard InChI is InChI=1S/C19H32N4O2S/c1-3-8-23-17-6-5-15(20-7-4-11-25-2)14-16(17)18(21-23)19(24)22-9-12-26-13-10-22/h15,20H,3-14H2,1-2H3/t15-/m1/s1. The molecule has 3 rings (SSSR count). The summed E-state index contributed by atoms with van der Waals surface area (Å²) in [5.41, 5.74) is 3.19. The Kier molecular flexibility index (Phi) is 7.40. The van der Waals surface area contributed by atoms with Crippen LogP contribution < -0.4 is 5.32 Å². The van der Waals surface area contributed by atoms with E-state index >= 15 is 0 Å². The molecule has 0 spiro atoms. The maximum Gasteiger partial charge on any atom is 0.274 e. The second-order valence-electron chi connectivity index (χ2n) is 7.14. The maximum atomic E-state index is 13.1. The molecular weight excluding hydrogens is 348 g/mol. The van der Waals surface area contributed by atoms with Crippen LogP contribution in [0.1, 0.15) is 47.9 Å². The molecule has 2 heterocycles. The summed E-state index contributed by atoms with van der Waals surface area (Å²) in [4.78, 5) is 15.1. The van der Waals surface area contributed by atoms with E-state index in [2.05, 4.69) is 16.9 Å². The molecule has 0 aromatic carbocycles. The number of fused-ring (bicyclic) bond motifs is 1. The first-order valence-corrected chi connectivity index (χ1v) is 11.1. The second kappa shape index (κ2) is 9.76. The van der Waals surface area contributed by atoms with E-state index in [4.69, 9.17) is 9.84 Å². The predicted molar refractivity (Wildman–Crippen MR) is 106 cm³/mol. The average molecular weight is 381 g/mol. The van der Waals surface area contributed by atoms with Crippen molar-refractivity contribution in [2.24, 2.45) is 0 Å². The first-order valence-electron chi connectivity index (χ1n) is 9.92. The highest BCUT2D eigenvalue weighted by Crippen LogP contribution is 2.27. The topological polar surface area (TPSA) is 59.4 Å². The fourth-order valence-corrected chi connectivity index (χ4v) is 4.77. The third kappa shape index (κ3) is 4.61. The number of ether oxygens (including phenoxy) is 1. The number of thioether (sulfide) groups is 1. The summed E-state index contributed by atoms with van der Waals surface area (Å²) in [6.07, 6.45) is 5.10. The predicted octanol–water partition coefficient (Wildman–Crippen LogP) is 1.97. The van der Waals surface area contributed by atoms with Crippen molar-refractivity contribution in [2.45, 2.75) is 51.6 Å². The van der Waals surface area contributed by atoms with Crippen LogP contribution in [-0.4, -0.2) is 71.5 Å². The molecule has 1 aliphatic carbocycles. The van der Waals surface area contributed by atoms with E-state index in [0.29, 0.717) is 11.7 Å². The minimum atomic E-state index is 0.136. The number of aromatic nitrogens is 2. The Morgan fingerprint density at radius 3 is 2.92 bits per heavy atom. The van der Waals surface area contributed by atoms with Gasteiger partial charge in [0.25, 0.3) is 5.91 Å². The molecular formula is C19H32N4O2S. The molecule has 0 unspecified atom stereocenters. The number of hydrogen-bond donors (Lipinski definition) is 1. The van der Waals surface area contributed by atoms with Crippen molar-refractivity contribution in [3.05, 3.63) is 17.0 Å². The SMILES string of the molecule is CCCn1nc(C(=O)N2CCSCC2)c2c1CC[C@@H](NCCCOC)C2. The molecule has 0 bridgehead atoms. The maximum absolute atomic E-state index is 13.1. The number of hydrogen-bond acceptors (Lipinski definition) is 5. The fraction of sp³-hybridized carbons (Fsp3) is 0.789. The van der Waals surface area contributed by atoms with Crippen molar-refractivity contribution in [3.63, 3.8) is 0 Å². The van der Waals surface area contributed by atoms with Crippen LogP contribution in [0, 0.1) is 0 Å². The molecule has 1 N–H and O–H groups in total. The molecule has 1 aromatic rings. The van der Waals surface area contributed by atoms with Crippen LogP contribution >= 0.6 is 11.8 Å². The molecule has 26 heavy (non-hydrogen) atoms. The van der Waals surface area contributed by atoms with Crippen LogP contribution in [0.25, 0.3) is 0 Å². The molecule has 2 aliphatic rings. The van der Waals surface area contributed by atoms with Crippen molar-refractivity contribution in [1.29, 1.82) is 0 Å². The van der Waals surface area contributed by atoms with Crippen LogP contribution in [0.3, 0.4) is 0 Å². The number of amides is 1. The third-order valence-electron chi connectivity index (χ3n) is 5.24. The van der Waals surface area contributed by atoms with E-state index in [0.717, 1.165) is 76.4 Å². The van der Waals surface area contributed by atoms with Crippen LogP contribution in [0.4, 0.5) is 0 Å². The normalized spacial score (nSPS) is 20.2. The first kappa shape index (κ1) is 19.7. The molecule has 1 aromatic heterocycles. The van der Waals surface area contributed by atoms with Gasteiger partial charge in [-0.15, -0.1) is 0 Å². The second-order valence-corrected chi connectivity index (χ2v) is 8.37. The summed E-state index contributed by atoms with van der Waals surface area (Å²) < 4.78 is 7.23. The smallest absolute Gasteiger partial charge is 0.274 e. The van der Waals surface area contributed by atoms with Crippen molar-refractivity contribution >= 4 is 17.7 Å². The quantitative estimate of drug-likeness (QED) is 0.699. The minimum Gasteiger partial charge on any atom is -0.385 e. The molecule has 0 saturated carbocycles. The number of aryl methyl sites for hydroxylation is 1. The Labute approximate surface area is 161 Å². The molecule has 0 radical (unpaired) electrons. The van der Waals surface area contributed by atoms with E-state index in [1.807, 2.05) is 16.7 Å². The van der Waals surface area contributed by atoms with E-state index in [1.54, 1.807) is 7.11 Å². The molecule has 1 amide bonds. The van der Waals surface area contributed by atoms with Crippen LogP contribution in [0.15, 0.2) is 0 Å². The highest BCUT2D eigenvalue weighted by atomic mass is 32.2. The largest absolute Gasteiger partial charge is 0.385 e. The Morgan fingerprint density at radius 2 is 2.19 bits per heavy atom. The number of methoxy groups -OCH3 is 1. The van der Waals surface area contributed by atoms with Gasteiger partial charge in [-0.1, -0.05) is 6.92 Å². The van der Waals surface area contributed by atoms with E-state index < -0.39 is 0 Å². The van der Waals surface area contributed by atoms with Gasteiger partial charge in [0.15, 0.2) is 5.69 Å². The van der Waals surface area contributed by atoms with Gasteiger partial charge in [0.2, 0.25) is 0 Å². The summed E-state index contributed by atoms with van der Waals surface area (Å²) in [6.45, 7) is 6.51. The minimum absolute atomic E-state index is 0.136.